The fourth-order valence-corrected chi connectivity index (χ4v) is 3.10. The van der Waals surface area contributed by atoms with Crippen LogP contribution in [-0.2, 0) is 20.7 Å². The summed E-state index contributed by atoms with van der Waals surface area (Å²) >= 11 is 1.38. The van der Waals surface area contributed by atoms with Gasteiger partial charge in [-0.2, -0.15) is 11.8 Å². The molecule has 0 aromatic heterocycles. The second-order valence-corrected chi connectivity index (χ2v) is 7.31. The number of carboxylic acids is 1. The fraction of sp³-hybridized carbons (Fsp3) is 0.500. The Bertz CT molecular complexity index is 504. The molecule has 1 aromatic carbocycles. The summed E-state index contributed by atoms with van der Waals surface area (Å²) in [6.07, 6.45) is 0.451. The monoisotopic (exact) mass is 325 g/mol. The Morgan fingerprint density at radius 2 is 1.91 bits per heavy atom. The van der Waals surface area contributed by atoms with Crippen molar-refractivity contribution in [3.8, 4) is 0 Å². The van der Waals surface area contributed by atoms with Gasteiger partial charge in [0, 0.05) is 10.5 Å². The molecule has 1 aromatic rings. The van der Waals surface area contributed by atoms with Gasteiger partial charge in [-0.05, 0) is 25.8 Å². The van der Waals surface area contributed by atoms with Crippen LogP contribution in [0.2, 0.25) is 0 Å². The SMILES string of the molecule is COC(=O)[C@@H](N)C(C)(C)SCC(Cc1ccccc1)C(=O)O. The number of carbonyl (C=O) groups is 2. The number of aliphatic carboxylic acids is 1. The summed E-state index contributed by atoms with van der Waals surface area (Å²) in [7, 11) is 1.29. The summed E-state index contributed by atoms with van der Waals surface area (Å²) in [5, 5.41) is 9.39. The molecular weight excluding hydrogens is 302 g/mol. The van der Waals surface area contributed by atoms with E-state index < -0.39 is 28.6 Å². The van der Waals surface area contributed by atoms with Crippen LogP contribution in [0.15, 0.2) is 30.3 Å². The van der Waals surface area contributed by atoms with Crippen molar-refractivity contribution in [2.45, 2.75) is 31.1 Å². The largest absolute Gasteiger partial charge is 0.481 e. The molecule has 6 heteroatoms. The third kappa shape index (κ3) is 5.35. The molecule has 122 valence electrons. The average Bonchev–Trinajstić information content (AvgIpc) is 2.50. The van der Waals surface area contributed by atoms with E-state index in [0.717, 1.165) is 5.56 Å². The van der Waals surface area contributed by atoms with Gasteiger partial charge in [-0.1, -0.05) is 30.3 Å². The number of benzene rings is 1. The van der Waals surface area contributed by atoms with E-state index in [1.54, 1.807) is 0 Å². The van der Waals surface area contributed by atoms with Crippen LogP contribution >= 0.6 is 11.8 Å². The molecule has 1 rings (SSSR count). The average molecular weight is 325 g/mol. The number of esters is 1. The van der Waals surface area contributed by atoms with Gasteiger partial charge >= 0.3 is 11.9 Å². The lowest BCUT2D eigenvalue weighted by atomic mass is 10.0. The van der Waals surface area contributed by atoms with Crippen LogP contribution in [0.3, 0.4) is 0 Å². The zero-order valence-corrected chi connectivity index (χ0v) is 13.9. The molecule has 2 atom stereocenters. The predicted octanol–water partition coefficient (Wildman–Crippen LogP) is 1.94. The highest BCUT2D eigenvalue weighted by molar-refractivity contribution is 8.00. The van der Waals surface area contributed by atoms with Crippen LogP contribution in [-0.4, -0.2) is 40.7 Å². The molecule has 0 radical (unpaired) electrons. The molecule has 0 saturated heterocycles. The van der Waals surface area contributed by atoms with Gasteiger partial charge in [0.25, 0.3) is 0 Å². The highest BCUT2D eigenvalue weighted by atomic mass is 32.2. The smallest absolute Gasteiger partial charge is 0.324 e. The van der Waals surface area contributed by atoms with E-state index in [0.29, 0.717) is 12.2 Å². The minimum atomic E-state index is -0.848. The van der Waals surface area contributed by atoms with Gasteiger partial charge in [0.05, 0.1) is 13.0 Å². The van der Waals surface area contributed by atoms with Gasteiger partial charge in [-0.3, -0.25) is 9.59 Å². The molecule has 0 fully saturated rings. The Kier molecular flexibility index (Phi) is 6.90. The van der Waals surface area contributed by atoms with Gasteiger partial charge in [0.2, 0.25) is 0 Å². The molecule has 0 bridgehead atoms. The lowest BCUT2D eigenvalue weighted by molar-refractivity contribution is -0.142. The fourth-order valence-electron chi connectivity index (χ4n) is 1.93. The van der Waals surface area contributed by atoms with Crippen LogP contribution < -0.4 is 5.73 Å². The summed E-state index contributed by atoms with van der Waals surface area (Å²) in [6.45, 7) is 3.64. The maximum atomic E-state index is 11.6. The summed E-state index contributed by atoms with van der Waals surface area (Å²) in [5.41, 5.74) is 6.85. The Balaban J connectivity index is 2.68. The molecule has 0 aliphatic rings. The van der Waals surface area contributed by atoms with Gasteiger partial charge in [-0.25, -0.2) is 0 Å². The predicted molar refractivity (Wildman–Crippen MR) is 87.8 cm³/mol. The second-order valence-electron chi connectivity index (χ2n) is 5.64. The first kappa shape index (κ1) is 18.5. The molecule has 0 saturated carbocycles. The van der Waals surface area contributed by atoms with E-state index in [2.05, 4.69) is 4.74 Å². The lowest BCUT2D eigenvalue weighted by Crippen LogP contribution is -2.48. The summed E-state index contributed by atoms with van der Waals surface area (Å²) in [6, 6.07) is 8.69. The van der Waals surface area contributed by atoms with Crippen LogP contribution in [0.25, 0.3) is 0 Å². The van der Waals surface area contributed by atoms with Crippen molar-refractivity contribution < 1.29 is 19.4 Å². The topological polar surface area (TPSA) is 89.6 Å². The van der Waals surface area contributed by atoms with E-state index in [-0.39, 0.29) is 0 Å². The van der Waals surface area contributed by atoms with E-state index in [9.17, 15) is 14.7 Å². The number of carboxylic acid groups (broad SMARTS) is 1. The number of thioether (sulfide) groups is 1. The first-order chi connectivity index (χ1) is 10.3. The zero-order valence-electron chi connectivity index (χ0n) is 13.1. The van der Waals surface area contributed by atoms with E-state index >= 15 is 0 Å². The molecule has 5 nitrogen and oxygen atoms in total. The summed E-state index contributed by atoms with van der Waals surface area (Å²) < 4.78 is 4.05. The van der Waals surface area contributed by atoms with Crippen molar-refractivity contribution in [1.29, 1.82) is 0 Å². The maximum Gasteiger partial charge on any atom is 0.324 e. The number of methoxy groups -OCH3 is 1. The molecule has 0 amide bonds. The van der Waals surface area contributed by atoms with Crippen molar-refractivity contribution in [3.63, 3.8) is 0 Å². The van der Waals surface area contributed by atoms with Crippen molar-refractivity contribution in [1.82, 2.24) is 0 Å². The van der Waals surface area contributed by atoms with Gasteiger partial charge in [0.15, 0.2) is 0 Å². The van der Waals surface area contributed by atoms with E-state index in [4.69, 9.17) is 5.73 Å². The second kappa shape index (κ2) is 8.19. The zero-order chi connectivity index (χ0) is 16.8. The lowest BCUT2D eigenvalue weighted by Gasteiger charge is -2.30. The quantitative estimate of drug-likeness (QED) is 0.710. The first-order valence-electron chi connectivity index (χ1n) is 7.02. The van der Waals surface area contributed by atoms with Crippen LogP contribution in [0.1, 0.15) is 19.4 Å². The number of ether oxygens (including phenoxy) is 1. The number of rotatable bonds is 8. The molecule has 0 heterocycles. The van der Waals surface area contributed by atoms with Gasteiger partial charge < -0.3 is 15.6 Å². The minimum Gasteiger partial charge on any atom is -0.481 e. The number of carbonyl (C=O) groups excluding carboxylic acids is 1. The normalized spacial score (nSPS) is 14.2. The molecule has 22 heavy (non-hydrogen) atoms. The van der Waals surface area contributed by atoms with Crippen LogP contribution in [0, 0.1) is 5.92 Å². The minimum absolute atomic E-state index is 0.377. The summed E-state index contributed by atoms with van der Waals surface area (Å²) in [5.74, 6) is -1.50. The Hall–Kier alpha value is -1.53. The van der Waals surface area contributed by atoms with Gasteiger partial charge in [0.1, 0.15) is 6.04 Å². The highest BCUT2D eigenvalue weighted by Crippen LogP contribution is 2.30. The summed E-state index contributed by atoms with van der Waals surface area (Å²) in [4.78, 5) is 23.0. The van der Waals surface area contributed by atoms with E-state index in [1.165, 1.54) is 18.9 Å². The number of hydrogen-bond acceptors (Lipinski definition) is 5. The molecule has 3 N–H and O–H groups in total. The van der Waals surface area contributed by atoms with Crippen LogP contribution in [0.5, 0.6) is 0 Å². The number of hydrogen-bond donors (Lipinski definition) is 2. The first-order valence-corrected chi connectivity index (χ1v) is 8.00. The third-order valence-electron chi connectivity index (χ3n) is 3.53. The number of nitrogens with two attached hydrogens (primary N) is 1. The van der Waals surface area contributed by atoms with E-state index in [1.807, 2.05) is 44.2 Å². The molecular formula is C16H23NO4S. The standard InChI is InChI=1S/C16H23NO4S/c1-16(2,13(17)15(20)21-3)22-10-12(14(18)19)9-11-7-5-4-6-8-11/h4-8,12-13H,9-10,17H2,1-3H3,(H,18,19)/t12?,13-/m1/s1. The van der Waals surface area contributed by atoms with Crippen molar-refractivity contribution in [3.05, 3.63) is 35.9 Å². The molecule has 0 aliphatic carbocycles. The highest BCUT2D eigenvalue weighted by Gasteiger charge is 2.34. The van der Waals surface area contributed by atoms with Crippen LogP contribution in [0.4, 0.5) is 0 Å². The van der Waals surface area contributed by atoms with Crippen molar-refractivity contribution >= 4 is 23.7 Å². The maximum absolute atomic E-state index is 11.6. The Morgan fingerprint density at radius 3 is 2.41 bits per heavy atom. The third-order valence-corrected chi connectivity index (χ3v) is 5.10. The van der Waals surface area contributed by atoms with Crippen molar-refractivity contribution in [2.75, 3.05) is 12.9 Å². The van der Waals surface area contributed by atoms with Crippen molar-refractivity contribution in [2.24, 2.45) is 11.7 Å². The Morgan fingerprint density at radius 1 is 1.32 bits per heavy atom. The molecule has 1 unspecified atom stereocenters. The molecule has 0 aliphatic heterocycles. The van der Waals surface area contributed by atoms with Gasteiger partial charge in [-0.15, -0.1) is 0 Å². The Labute approximate surface area is 135 Å². The molecule has 0 spiro atoms.